The number of nitrogens with one attached hydrogen (secondary N) is 2. The summed E-state index contributed by atoms with van der Waals surface area (Å²) in [6.07, 6.45) is 8.47. The highest BCUT2D eigenvalue weighted by Crippen LogP contribution is 2.07. The summed E-state index contributed by atoms with van der Waals surface area (Å²) in [5.74, 6) is 0. The van der Waals surface area contributed by atoms with E-state index in [-0.39, 0.29) is 21.8 Å². The number of benzene rings is 1. The van der Waals surface area contributed by atoms with Crippen molar-refractivity contribution in [2.75, 3.05) is 0 Å². The standard InChI is InChI=1S/C17H16N2O2/c1-3-12-7-5-8-13(11-12)9-6-10-15-17(21)18-14(4-2)16(20)19-15/h3-11H,1H2,2H3,(H,18,21)(H,19,20)/b9-6+,14-4-,15-10-. The zero-order valence-corrected chi connectivity index (χ0v) is 11.7. The molecule has 1 heterocycles. The Balaban J connectivity index is 2.39. The molecule has 106 valence electrons. The molecule has 2 N–H and O–H groups in total. The van der Waals surface area contributed by atoms with Crippen LogP contribution in [-0.2, 0) is 0 Å². The van der Waals surface area contributed by atoms with E-state index in [0.717, 1.165) is 11.1 Å². The van der Waals surface area contributed by atoms with Crippen LogP contribution in [-0.4, -0.2) is 9.97 Å². The summed E-state index contributed by atoms with van der Waals surface area (Å²) < 4.78 is 0. The molecule has 2 rings (SSSR count). The molecule has 1 aromatic carbocycles. The van der Waals surface area contributed by atoms with Crippen LogP contribution in [0.2, 0.25) is 0 Å². The van der Waals surface area contributed by atoms with Gasteiger partial charge in [-0.1, -0.05) is 49.1 Å². The van der Waals surface area contributed by atoms with Gasteiger partial charge in [0, 0.05) is 0 Å². The fourth-order valence-electron chi connectivity index (χ4n) is 1.86. The Labute approximate surface area is 121 Å². The van der Waals surface area contributed by atoms with E-state index >= 15 is 0 Å². The molecule has 0 aliphatic carbocycles. The maximum atomic E-state index is 11.8. The molecule has 0 atom stereocenters. The first-order chi connectivity index (χ1) is 10.1. The Morgan fingerprint density at radius 1 is 1.05 bits per heavy atom. The number of aromatic amines is 2. The fourth-order valence-corrected chi connectivity index (χ4v) is 1.86. The number of H-pyrrole nitrogens is 2. The van der Waals surface area contributed by atoms with Gasteiger partial charge in [0.2, 0.25) is 0 Å². The molecule has 4 nitrogen and oxygen atoms in total. The molecule has 1 aromatic heterocycles. The van der Waals surface area contributed by atoms with Crippen molar-refractivity contribution in [1.82, 2.24) is 9.97 Å². The van der Waals surface area contributed by atoms with Gasteiger partial charge in [0.05, 0.1) is 0 Å². The van der Waals surface area contributed by atoms with Crippen molar-refractivity contribution in [2.45, 2.75) is 6.92 Å². The molecule has 0 unspecified atom stereocenters. The minimum atomic E-state index is -0.327. The molecular formula is C17H16N2O2. The minimum Gasteiger partial charge on any atom is -0.316 e. The molecular weight excluding hydrogens is 264 g/mol. The van der Waals surface area contributed by atoms with E-state index < -0.39 is 0 Å². The van der Waals surface area contributed by atoms with E-state index in [0.29, 0.717) is 0 Å². The van der Waals surface area contributed by atoms with Crippen molar-refractivity contribution in [2.24, 2.45) is 0 Å². The van der Waals surface area contributed by atoms with Gasteiger partial charge in [0.1, 0.15) is 10.7 Å². The van der Waals surface area contributed by atoms with Crippen molar-refractivity contribution < 1.29 is 0 Å². The molecule has 0 radical (unpaired) electrons. The van der Waals surface area contributed by atoms with Gasteiger partial charge in [0.25, 0.3) is 11.1 Å². The SMILES string of the molecule is C=Cc1cccc(/C=C/C=c2\[nH]c(=O)/c(=C/C)[nH]c2=O)c1. The van der Waals surface area contributed by atoms with Gasteiger partial charge >= 0.3 is 0 Å². The summed E-state index contributed by atoms with van der Waals surface area (Å²) in [5.41, 5.74) is 1.37. The van der Waals surface area contributed by atoms with Crippen LogP contribution in [0.4, 0.5) is 0 Å². The van der Waals surface area contributed by atoms with Crippen molar-refractivity contribution in [3.63, 3.8) is 0 Å². The summed E-state index contributed by atoms with van der Waals surface area (Å²) >= 11 is 0. The van der Waals surface area contributed by atoms with Crippen molar-refractivity contribution in [3.8, 4) is 0 Å². The summed E-state index contributed by atoms with van der Waals surface area (Å²) in [6, 6.07) is 7.80. The Morgan fingerprint density at radius 3 is 2.43 bits per heavy atom. The van der Waals surface area contributed by atoms with E-state index in [4.69, 9.17) is 0 Å². The summed E-state index contributed by atoms with van der Waals surface area (Å²) in [7, 11) is 0. The molecule has 4 heteroatoms. The van der Waals surface area contributed by atoms with E-state index in [9.17, 15) is 9.59 Å². The highest BCUT2D eigenvalue weighted by molar-refractivity contribution is 5.60. The second kappa shape index (κ2) is 6.52. The molecule has 0 aliphatic heterocycles. The average Bonchev–Trinajstić information content (AvgIpc) is 2.50. The van der Waals surface area contributed by atoms with Gasteiger partial charge in [-0.2, -0.15) is 0 Å². The summed E-state index contributed by atoms with van der Waals surface area (Å²) in [6.45, 7) is 5.41. The van der Waals surface area contributed by atoms with Crippen LogP contribution in [0.1, 0.15) is 18.1 Å². The summed E-state index contributed by atoms with van der Waals surface area (Å²) in [5, 5.41) is 0.488. The van der Waals surface area contributed by atoms with Crippen LogP contribution in [0, 0.1) is 0 Å². The molecule has 0 saturated carbocycles. The maximum absolute atomic E-state index is 11.8. The smallest absolute Gasteiger partial charge is 0.272 e. The zero-order valence-electron chi connectivity index (χ0n) is 11.7. The average molecular weight is 280 g/mol. The van der Waals surface area contributed by atoms with Gasteiger partial charge in [-0.15, -0.1) is 0 Å². The largest absolute Gasteiger partial charge is 0.316 e. The third-order valence-corrected chi connectivity index (χ3v) is 2.97. The lowest BCUT2D eigenvalue weighted by Crippen LogP contribution is -2.46. The molecule has 2 aromatic rings. The van der Waals surface area contributed by atoms with E-state index in [1.54, 1.807) is 31.2 Å². The predicted octanol–water partition coefficient (Wildman–Crippen LogP) is 1.00. The van der Waals surface area contributed by atoms with Crippen LogP contribution < -0.4 is 21.8 Å². The van der Waals surface area contributed by atoms with Crippen molar-refractivity contribution >= 4 is 24.3 Å². The van der Waals surface area contributed by atoms with Gasteiger partial charge in [-0.3, -0.25) is 9.59 Å². The topological polar surface area (TPSA) is 65.7 Å². The number of aromatic nitrogens is 2. The Kier molecular flexibility index (Phi) is 4.51. The van der Waals surface area contributed by atoms with E-state index in [1.165, 1.54) is 0 Å². The summed E-state index contributed by atoms with van der Waals surface area (Å²) in [4.78, 5) is 28.5. The highest BCUT2D eigenvalue weighted by atomic mass is 16.1. The molecule has 0 saturated heterocycles. The quantitative estimate of drug-likeness (QED) is 0.881. The van der Waals surface area contributed by atoms with Crippen LogP contribution in [0.25, 0.3) is 24.3 Å². The number of hydrogen-bond acceptors (Lipinski definition) is 2. The third-order valence-electron chi connectivity index (χ3n) is 2.97. The van der Waals surface area contributed by atoms with Crippen LogP contribution in [0.5, 0.6) is 0 Å². The Morgan fingerprint density at radius 2 is 1.71 bits per heavy atom. The maximum Gasteiger partial charge on any atom is 0.272 e. The molecule has 0 amide bonds. The lowest BCUT2D eigenvalue weighted by molar-refractivity contribution is 1.00. The van der Waals surface area contributed by atoms with Gasteiger partial charge in [-0.05, 0) is 30.2 Å². The second-order valence-electron chi connectivity index (χ2n) is 4.42. The van der Waals surface area contributed by atoms with Crippen molar-refractivity contribution in [3.05, 3.63) is 79.5 Å². The Hall–Kier alpha value is -2.88. The normalized spacial score (nSPS) is 13.0. The van der Waals surface area contributed by atoms with Gasteiger partial charge in [-0.25, -0.2) is 0 Å². The first-order valence-corrected chi connectivity index (χ1v) is 6.54. The highest BCUT2D eigenvalue weighted by Gasteiger charge is 1.92. The Bertz CT molecular complexity index is 915. The van der Waals surface area contributed by atoms with Crippen LogP contribution >= 0.6 is 0 Å². The van der Waals surface area contributed by atoms with Crippen LogP contribution in [0.15, 0.2) is 46.5 Å². The molecule has 0 fully saturated rings. The third kappa shape index (κ3) is 3.57. The first kappa shape index (κ1) is 14.5. The lowest BCUT2D eigenvalue weighted by Gasteiger charge is -1.95. The fraction of sp³-hybridized carbons (Fsp3) is 0.0588. The van der Waals surface area contributed by atoms with Gasteiger partial charge in [0.15, 0.2) is 0 Å². The first-order valence-electron chi connectivity index (χ1n) is 6.54. The van der Waals surface area contributed by atoms with E-state index in [2.05, 4.69) is 16.5 Å². The number of hydrogen-bond donors (Lipinski definition) is 2. The predicted molar refractivity (Wildman–Crippen MR) is 87.1 cm³/mol. The molecule has 0 aliphatic rings. The zero-order chi connectivity index (χ0) is 15.2. The molecule has 21 heavy (non-hydrogen) atoms. The number of rotatable bonds is 3. The molecule has 0 bridgehead atoms. The monoisotopic (exact) mass is 280 g/mol. The second-order valence-corrected chi connectivity index (χ2v) is 4.42. The van der Waals surface area contributed by atoms with Gasteiger partial charge < -0.3 is 9.97 Å². The number of allylic oxidation sites excluding steroid dienone is 1. The van der Waals surface area contributed by atoms with Crippen molar-refractivity contribution in [1.29, 1.82) is 0 Å². The van der Waals surface area contributed by atoms with Crippen LogP contribution in [0.3, 0.4) is 0 Å². The van der Waals surface area contributed by atoms with E-state index in [1.807, 2.05) is 30.3 Å². The molecule has 0 spiro atoms. The lowest BCUT2D eigenvalue weighted by atomic mass is 10.1. The minimum absolute atomic E-state index is 0.224.